The molecule has 18 heavy (non-hydrogen) atoms. The lowest BCUT2D eigenvalue weighted by Crippen LogP contribution is -2.31. The summed E-state index contributed by atoms with van der Waals surface area (Å²) in [5.41, 5.74) is 7.35. The summed E-state index contributed by atoms with van der Waals surface area (Å²) in [5.74, 6) is 0.150. The van der Waals surface area contributed by atoms with Gasteiger partial charge in [0.05, 0.1) is 4.99 Å². The van der Waals surface area contributed by atoms with Crippen LogP contribution in [0.1, 0.15) is 30.9 Å². The van der Waals surface area contributed by atoms with Crippen LogP contribution in [0.4, 0.5) is 0 Å². The van der Waals surface area contributed by atoms with Gasteiger partial charge in [-0.1, -0.05) is 50.3 Å². The molecule has 0 aliphatic rings. The summed E-state index contributed by atoms with van der Waals surface area (Å²) in [6.45, 7) is 4.48. The van der Waals surface area contributed by atoms with Gasteiger partial charge in [-0.2, -0.15) is 0 Å². The first-order chi connectivity index (χ1) is 8.30. The van der Waals surface area contributed by atoms with Crippen LogP contribution in [0.15, 0.2) is 24.3 Å². The van der Waals surface area contributed by atoms with Crippen LogP contribution < -0.4 is 10.5 Å². The van der Waals surface area contributed by atoms with Gasteiger partial charge in [-0.05, 0) is 17.0 Å². The van der Waals surface area contributed by atoms with Crippen LogP contribution in [0.5, 0.6) is 0 Å². The van der Waals surface area contributed by atoms with Gasteiger partial charge >= 0.3 is 0 Å². The van der Waals surface area contributed by atoms with E-state index in [-0.39, 0.29) is 17.3 Å². The summed E-state index contributed by atoms with van der Waals surface area (Å²) in [4.78, 5) is -0.0299. The number of hydrogen-bond donors (Lipinski definition) is 2. The van der Waals surface area contributed by atoms with Gasteiger partial charge in [0.1, 0.15) is 5.75 Å². The Labute approximate surface area is 114 Å². The van der Waals surface area contributed by atoms with E-state index in [0.29, 0.717) is 5.92 Å². The zero-order valence-corrected chi connectivity index (χ0v) is 12.1. The lowest BCUT2D eigenvalue weighted by molar-refractivity contribution is 0.585. The molecule has 0 amide bonds. The Morgan fingerprint density at radius 1 is 1.33 bits per heavy atom. The summed E-state index contributed by atoms with van der Waals surface area (Å²) in [6, 6.07) is 7.83. The highest BCUT2D eigenvalue weighted by molar-refractivity contribution is 7.92. The molecule has 0 fully saturated rings. The van der Waals surface area contributed by atoms with Crippen molar-refractivity contribution in [3.63, 3.8) is 0 Å². The van der Waals surface area contributed by atoms with E-state index < -0.39 is 10.0 Å². The van der Waals surface area contributed by atoms with Crippen LogP contribution in [0, 0.1) is 0 Å². The minimum Gasteiger partial charge on any atom is -0.392 e. The van der Waals surface area contributed by atoms with E-state index in [1.54, 1.807) is 0 Å². The molecule has 100 valence electrons. The average molecular weight is 286 g/mol. The van der Waals surface area contributed by atoms with E-state index >= 15 is 0 Å². The molecule has 0 unspecified atom stereocenters. The normalized spacial score (nSPS) is 11.7. The van der Waals surface area contributed by atoms with Crippen molar-refractivity contribution in [3.05, 3.63) is 35.4 Å². The van der Waals surface area contributed by atoms with Crippen molar-refractivity contribution in [1.29, 1.82) is 0 Å². The SMILES string of the molecule is CC(C)c1ccc(CNS(=O)(=O)CC(N)=S)cc1. The average Bonchev–Trinajstić information content (AvgIpc) is 2.25. The molecular weight excluding hydrogens is 268 g/mol. The third-order valence-electron chi connectivity index (χ3n) is 2.47. The fourth-order valence-electron chi connectivity index (χ4n) is 1.45. The minimum absolute atomic E-state index is 0.0299. The van der Waals surface area contributed by atoms with Gasteiger partial charge in [-0.3, -0.25) is 0 Å². The van der Waals surface area contributed by atoms with Crippen molar-refractivity contribution in [2.75, 3.05) is 5.75 Å². The van der Waals surface area contributed by atoms with Crippen molar-refractivity contribution >= 4 is 27.2 Å². The van der Waals surface area contributed by atoms with Gasteiger partial charge in [-0.15, -0.1) is 0 Å². The lowest BCUT2D eigenvalue weighted by Gasteiger charge is -2.08. The topological polar surface area (TPSA) is 72.2 Å². The summed E-state index contributed by atoms with van der Waals surface area (Å²) >= 11 is 4.58. The smallest absolute Gasteiger partial charge is 0.218 e. The number of sulfonamides is 1. The Morgan fingerprint density at radius 2 is 1.89 bits per heavy atom. The third kappa shape index (κ3) is 5.12. The first-order valence-corrected chi connectivity index (χ1v) is 7.70. The van der Waals surface area contributed by atoms with Crippen LogP contribution in [-0.2, 0) is 16.6 Å². The molecule has 1 aromatic rings. The molecule has 6 heteroatoms. The Bertz CT molecular complexity index is 507. The second-order valence-electron chi connectivity index (χ2n) is 4.44. The fraction of sp³-hybridized carbons (Fsp3) is 0.417. The molecule has 0 saturated heterocycles. The Hall–Kier alpha value is -0.980. The zero-order chi connectivity index (χ0) is 13.8. The number of nitrogens with one attached hydrogen (secondary N) is 1. The molecule has 0 spiro atoms. The maximum absolute atomic E-state index is 11.5. The molecule has 1 rings (SSSR count). The Kier molecular flexibility index (Phi) is 5.25. The first kappa shape index (κ1) is 15.1. The van der Waals surface area contributed by atoms with Crippen LogP contribution in [0.25, 0.3) is 0 Å². The summed E-state index contributed by atoms with van der Waals surface area (Å²) in [6.07, 6.45) is 0. The van der Waals surface area contributed by atoms with Gasteiger partial charge in [-0.25, -0.2) is 13.1 Å². The van der Waals surface area contributed by atoms with Gasteiger partial charge < -0.3 is 5.73 Å². The number of benzene rings is 1. The van der Waals surface area contributed by atoms with Crippen molar-refractivity contribution in [3.8, 4) is 0 Å². The molecule has 0 saturated carbocycles. The predicted octanol–water partition coefficient (Wildman–Crippen LogP) is 1.52. The van der Waals surface area contributed by atoms with Crippen molar-refractivity contribution in [1.82, 2.24) is 4.72 Å². The fourth-order valence-corrected chi connectivity index (χ4v) is 2.78. The second-order valence-corrected chi connectivity index (χ2v) is 6.77. The largest absolute Gasteiger partial charge is 0.392 e. The van der Waals surface area contributed by atoms with Crippen LogP contribution in [0.3, 0.4) is 0 Å². The molecule has 1 aromatic carbocycles. The molecule has 0 bridgehead atoms. The Morgan fingerprint density at radius 3 is 2.33 bits per heavy atom. The van der Waals surface area contributed by atoms with Crippen LogP contribution in [0.2, 0.25) is 0 Å². The van der Waals surface area contributed by atoms with E-state index in [0.717, 1.165) is 5.56 Å². The molecule has 0 atom stereocenters. The molecule has 0 aromatic heterocycles. The number of rotatable bonds is 6. The van der Waals surface area contributed by atoms with Crippen LogP contribution in [-0.4, -0.2) is 19.2 Å². The van der Waals surface area contributed by atoms with Crippen molar-refractivity contribution in [2.45, 2.75) is 26.3 Å². The zero-order valence-electron chi connectivity index (χ0n) is 10.5. The molecule has 0 aliphatic heterocycles. The van der Waals surface area contributed by atoms with E-state index in [1.807, 2.05) is 24.3 Å². The minimum atomic E-state index is -3.42. The van der Waals surface area contributed by atoms with E-state index in [1.165, 1.54) is 5.56 Å². The van der Waals surface area contributed by atoms with Crippen LogP contribution >= 0.6 is 12.2 Å². The van der Waals surface area contributed by atoms with Gasteiger partial charge in [0.25, 0.3) is 0 Å². The molecule has 0 radical (unpaired) electrons. The van der Waals surface area contributed by atoms with Crippen molar-refractivity contribution < 1.29 is 8.42 Å². The Balaban J connectivity index is 2.61. The van der Waals surface area contributed by atoms with E-state index in [9.17, 15) is 8.42 Å². The van der Waals surface area contributed by atoms with Crippen molar-refractivity contribution in [2.24, 2.45) is 5.73 Å². The monoisotopic (exact) mass is 286 g/mol. The van der Waals surface area contributed by atoms with Gasteiger partial charge in [0.2, 0.25) is 10.0 Å². The second kappa shape index (κ2) is 6.26. The standard InChI is InChI=1S/C12H18N2O2S2/c1-9(2)11-5-3-10(4-6-11)7-14-18(15,16)8-12(13)17/h3-6,9,14H,7-8H2,1-2H3,(H2,13,17). The molecular formula is C12H18N2O2S2. The lowest BCUT2D eigenvalue weighted by atomic mass is 10.0. The maximum atomic E-state index is 11.5. The molecule has 3 N–H and O–H groups in total. The number of hydrogen-bond acceptors (Lipinski definition) is 3. The molecule has 0 aliphatic carbocycles. The van der Waals surface area contributed by atoms with Gasteiger partial charge in [0.15, 0.2) is 0 Å². The first-order valence-electron chi connectivity index (χ1n) is 5.64. The van der Waals surface area contributed by atoms with E-state index in [2.05, 4.69) is 30.8 Å². The predicted molar refractivity (Wildman–Crippen MR) is 77.9 cm³/mol. The number of nitrogens with two attached hydrogens (primary N) is 1. The molecule has 4 nitrogen and oxygen atoms in total. The summed E-state index contributed by atoms with van der Waals surface area (Å²) in [5, 5.41) is 0. The summed E-state index contributed by atoms with van der Waals surface area (Å²) < 4.78 is 25.5. The highest BCUT2D eigenvalue weighted by Gasteiger charge is 2.11. The third-order valence-corrected chi connectivity index (χ3v) is 4.08. The molecule has 0 heterocycles. The quantitative estimate of drug-likeness (QED) is 0.778. The van der Waals surface area contributed by atoms with E-state index in [4.69, 9.17) is 5.73 Å². The highest BCUT2D eigenvalue weighted by Crippen LogP contribution is 2.14. The number of thiocarbonyl (C=S) groups is 1. The summed E-state index contributed by atoms with van der Waals surface area (Å²) in [7, 11) is -3.42. The maximum Gasteiger partial charge on any atom is 0.218 e. The van der Waals surface area contributed by atoms with Gasteiger partial charge in [0, 0.05) is 6.54 Å². The highest BCUT2D eigenvalue weighted by atomic mass is 32.2.